The molecule has 0 saturated heterocycles. The molecule has 0 heterocycles. The highest BCUT2D eigenvalue weighted by Gasteiger charge is 2.19. The summed E-state index contributed by atoms with van der Waals surface area (Å²) in [7, 11) is 1.49. The van der Waals surface area contributed by atoms with E-state index >= 15 is 0 Å². The highest BCUT2D eigenvalue weighted by Crippen LogP contribution is 1.91. The van der Waals surface area contributed by atoms with Crippen molar-refractivity contribution >= 4 is 17.7 Å². The number of carbonyl (C=O) groups excluding carboxylic acids is 2. The van der Waals surface area contributed by atoms with Crippen molar-refractivity contribution in [3.8, 4) is 0 Å². The molecule has 1 unspecified atom stereocenters. The summed E-state index contributed by atoms with van der Waals surface area (Å²) in [6.45, 7) is 1.27. The number of ketones is 1. The van der Waals surface area contributed by atoms with Gasteiger partial charge in [-0.15, -0.1) is 0 Å². The van der Waals surface area contributed by atoms with Gasteiger partial charge in [-0.1, -0.05) is 0 Å². The van der Waals surface area contributed by atoms with Crippen LogP contribution >= 0.6 is 0 Å². The second-order valence-electron chi connectivity index (χ2n) is 2.86. The molecule has 0 aromatic carbocycles. The van der Waals surface area contributed by atoms with Crippen LogP contribution in [0.3, 0.4) is 0 Å². The van der Waals surface area contributed by atoms with Gasteiger partial charge in [-0.05, 0) is 14.0 Å². The molecule has 0 bridgehead atoms. The van der Waals surface area contributed by atoms with Crippen LogP contribution in [0.5, 0.6) is 0 Å². The number of likely N-dealkylation sites (N-methyl/N-ethyl adjacent to an activating group) is 1. The first-order valence-electron chi connectivity index (χ1n) is 4.13. The first kappa shape index (κ1) is 12.6. The van der Waals surface area contributed by atoms with E-state index in [4.69, 9.17) is 5.11 Å². The number of amides is 1. The minimum Gasteiger partial charge on any atom is -0.481 e. The lowest BCUT2D eigenvalue weighted by atomic mass is 10.2. The summed E-state index contributed by atoms with van der Waals surface area (Å²) in [5.74, 6) is -1.73. The number of hydrogen-bond acceptors (Lipinski definition) is 4. The van der Waals surface area contributed by atoms with Crippen molar-refractivity contribution in [3.63, 3.8) is 0 Å². The van der Waals surface area contributed by atoms with E-state index in [1.165, 1.54) is 14.0 Å². The monoisotopic (exact) mass is 202 g/mol. The van der Waals surface area contributed by atoms with E-state index in [1.807, 2.05) is 0 Å². The van der Waals surface area contributed by atoms with Gasteiger partial charge in [-0.2, -0.15) is 0 Å². The minimum atomic E-state index is -1.07. The van der Waals surface area contributed by atoms with Crippen molar-refractivity contribution in [2.75, 3.05) is 13.6 Å². The maximum Gasteiger partial charge on any atom is 0.305 e. The first-order valence-corrected chi connectivity index (χ1v) is 4.13. The number of rotatable bonds is 6. The number of aliphatic carboxylic acids is 1. The SMILES string of the molecule is CNC(CC(=O)O)C(=O)NCC(C)=O. The van der Waals surface area contributed by atoms with Gasteiger partial charge < -0.3 is 15.7 Å². The molecule has 6 heteroatoms. The minimum absolute atomic E-state index is 0.0728. The summed E-state index contributed by atoms with van der Waals surface area (Å²) in [6.07, 6.45) is -0.305. The zero-order valence-corrected chi connectivity index (χ0v) is 8.16. The summed E-state index contributed by atoms with van der Waals surface area (Å²) in [5, 5.41) is 13.3. The Bertz CT molecular complexity index is 239. The lowest BCUT2D eigenvalue weighted by Gasteiger charge is -2.12. The highest BCUT2D eigenvalue weighted by molar-refractivity contribution is 5.89. The normalized spacial score (nSPS) is 11.9. The van der Waals surface area contributed by atoms with E-state index in [1.54, 1.807) is 0 Å². The van der Waals surface area contributed by atoms with Gasteiger partial charge in [0.2, 0.25) is 5.91 Å². The van der Waals surface area contributed by atoms with Crippen LogP contribution in [-0.2, 0) is 14.4 Å². The molecule has 0 radical (unpaired) electrons. The number of carboxylic acids is 1. The second kappa shape index (κ2) is 6.09. The molecule has 0 fully saturated rings. The van der Waals surface area contributed by atoms with Crippen molar-refractivity contribution in [2.45, 2.75) is 19.4 Å². The second-order valence-corrected chi connectivity index (χ2v) is 2.86. The van der Waals surface area contributed by atoms with Crippen LogP contribution in [0.4, 0.5) is 0 Å². The van der Waals surface area contributed by atoms with Crippen molar-refractivity contribution in [1.29, 1.82) is 0 Å². The molecule has 0 aromatic heterocycles. The van der Waals surface area contributed by atoms with Gasteiger partial charge in [0.15, 0.2) is 0 Å². The molecule has 0 aliphatic heterocycles. The van der Waals surface area contributed by atoms with Gasteiger partial charge in [-0.25, -0.2) is 0 Å². The van der Waals surface area contributed by atoms with Gasteiger partial charge in [0.05, 0.1) is 19.0 Å². The van der Waals surface area contributed by atoms with E-state index < -0.39 is 17.9 Å². The number of carboxylic acid groups (broad SMARTS) is 1. The fourth-order valence-electron chi connectivity index (χ4n) is 0.835. The summed E-state index contributed by atoms with van der Waals surface area (Å²) >= 11 is 0. The maximum absolute atomic E-state index is 11.2. The maximum atomic E-state index is 11.2. The van der Waals surface area contributed by atoms with Gasteiger partial charge >= 0.3 is 5.97 Å². The first-order chi connectivity index (χ1) is 6.47. The highest BCUT2D eigenvalue weighted by atomic mass is 16.4. The fourth-order valence-corrected chi connectivity index (χ4v) is 0.835. The number of nitrogens with one attached hydrogen (secondary N) is 2. The lowest BCUT2D eigenvalue weighted by Crippen LogP contribution is -2.45. The molecular weight excluding hydrogens is 188 g/mol. The van der Waals surface area contributed by atoms with Gasteiger partial charge in [0.1, 0.15) is 5.78 Å². The molecule has 1 atom stereocenters. The summed E-state index contributed by atoms with van der Waals surface area (Å²) in [4.78, 5) is 32.1. The van der Waals surface area contributed by atoms with E-state index in [-0.39, 0.29) is 18.7 Å². The third kappa shape index (κ3) is 5.26. The Labute approximate surface area is 81.7 Å². The molecule has 0 aliphatic carbocycles. The molecule has 0 rings (SSSR count). The number of hydrogen-bond donors (Lipinski definition) is 3. The van der Waals surface area contributed by atoms with E-state index in [0.717, 1.165) is 0 Å². The Morgan fingerprint density at radius 2 is 1.93 bits per heavy atom. The van der Waals surface area contributed by atoms with Gasteiger partial charge in [0, 0.05) is 0 Å². The van der Waals surface area contributed by atoms with Crippen LogP contribution in [0.25, 0.3) is 0 Å². The third-order valence-corrected chi connectivity index (χ3v) is 1.56. The van der Waals surface area contributed by atoms with Gasteiger partial charge in [0.25, 0.3) is 0 Å². The quantitative estimate of drug-likeness (QED) is 0.500. The van der Waals surface area contributed by atoms with Crippen LogP contribution in [-0.4, -0.2) is 42.4 Å². The predicted octanol–water partition coefficient (Wildman–Crippen LogP) is -1.25. The Morgan fingerprint density at radius 1 is 1.36 bits per heavy atom. The molecule has 1 amide bonds. The smallest absolute Gasteiger partial charge is 0.305 e. The number of Topliss-reactive ketones (excluding diaryl/α,β-unsaturated/α-hetero) is 1. The largest absolute Gasteiger partial charge is 0.481 e. The molecule has 0 spiro atoms. The van der Waals surface area contributed by atoms with E-state index in [0.29, 0.717) is 0 Å². The standard InChI is InChI=1S/C8H14N2O4/c1-5(11)4-10-8(14)6(9-2)3-7(12)13/h6,9H,3-4H2,1-2H3,(H,10,14)(H,12,13). The fraction of sp³-hybridized carbons (Fsp3) is 0.625. The van der Waals surface area contributed by atoms with Crippen LogP contribution in [0.2, 0.25) is 0 Å². The van der Waals surface area contributed by atoms with Crippen molar-refractivity contribution in [2.24, 2.45) is 0 Å². The topological polar surface area (TPSA) is 95.5 Å². The zero-order valence-electron chi connectivity index (χ0n) is 8.16. The molecule has 3 N–H and O–H groups in total. The number of carbonyl (C=O) groups is 3. The Morgan fingerprint density at radius 3 is 2.29 bits per heavy atom. The average Bonchev–Trinajstić information content (AvgIpc) is 2.09. The predicted molar refractivity (Wildman–Crippen MR) is 48.8 cm³/mol. The molecule has 80 valence electrons. The van der Waals surface area contributed by atoms with Crippen LogP contribution in [0.15, 0.2) is 0 Å². The van der Waals surface area contributed by atoms with E-state index in [2.05, 4.69) is 10.6 Å². The summed E-state index contributed by atoms with van der Waals surface area (Å²) < 4.78 is 0. The van der Waals surface area contributed by atoms with E-state index in [9.17, 15) is 14.4 Å². The van der Waals surface area contributed by atoms with Crippen LogP contribution < -0.4 is 10.6 Å². The zero-order chi connectivity index (χ0) is 11.1. The third-order valence-electron chi connectivity index (χ3n) is 1.56. The summed E-state index contributed by atoms with van der Waals surface area (Å²) in [5.41, 5.74) is 0. The summed E-state index contributed by atoms with van der Waals surface area (Å²) in [6, 6.07) is -0.799. The Kier molecular flexibility index (Phi) is 5.47. The molecule has 0 aromatic rings. The molecule has 0 aliphatic rings. The molecule has 14 heavy (non-hydrogen) atoms. The Balaban J connectivity index is 4.04. The molecule has 0 saturated carbocycles. The van der Waals surface area contributed by atoms with Gasteiger partial charge in [-0.3, -0.25) is 14.4 Å². The molecule has 6 nitrogen and oxygen atoms in total. The lowest BCUT2D eigenvalue weighted by molar-refractivity contribution is -0.139. The molecular formula is C8H14N2O4. The van der Waals surface area contributed by atoms with Crippen molar-refractivity contribution in [1.82, 2.24) is 10.6 Å². The van der Waals surface area contributed by atoms with Crippen LogP contribution in [0, 0.1) is 0 Å². The Hall–Kier alpha value is -1.43. The van der Waals surface area contributed by atoms with Crippen molar-refractivity contribution in [3.05, 3.63) is 0 Å². The average molecular weight is 202 g/mol. The van der Waals surface area contributed by atoms with Crippen LogP contribution in [0.1, 0.15) is 13.3 Å². The van der Waals surface area contributed by atoms with Crippen molar-refractivity contribution < 1.29 is 19.5 Å².